The smallest absolute Gasteiger partial charge is 0.240 e. The zero-order valence-corrected chi connectivity index (χ0v) is 53.7. The lowest BCUT2D eigenvalue weighted by Crippen LogP contribution is -2.10. The molecule has 21 aromatic rings. The van der Waals surface area contributed by atoms with E-state index in [0.717, 1.165) is 88.1 Å². The van der Waals surface area contributed by atoms with Crippen LogP contribution >= 0.6 is 34.0 Å². The van der Waals surface area contributed by atoms with Crippen molar-refractivity contribution < 1.29 is 0 Å². The van der Waals surface area contributed by atoms with Crippen molar-refractivity contribution in [3.8, 4) is 73.5 Å². The van der Waals surface area contributed by atoms with Crippen LogP contribution in [0.15, 0.2) is 303 Å². The maximum atomic E-state index is 5.64. The number of para-hydroxylation sites is 3. The molecule has 96 heavy (non-hydrogen) atoms. The van der Waals surface area contributed by atoms with Crippen LogP contribution in [0, 0.1) is 0 Å². The predicted octanol–water partition coefficient (Wildman–Crippen LogP) is 24.6. The van der Waals surface area contributed by atoms with Gasteiger partial charge in [-0.2, -0.15) is 15.0 Å². The number of rotatable bonds is 8. The molecule has 0 aliphatic rings. The Labute approximate surface area is 561 Å². The Hall–Kier alpha value is -11.9. The highest BCUT2D eigenvalue weighted by Crippen LogP contribution is 2.44. The first kappa shape index (κ1) is 53.6. The summed E-state index contributed by atoms with van der Waals surface area (Å²) in [4.78, 5) is 16.8. The van der Waals surface area contributed by atoms with E-state index in [1.165, 1.54) is 93.5 Å². The molecule has 0 saturated carbocycles. The number of nitrogens with zero attached hydrogens (tertiary/aromatic N) is 6. The van der Waals surface area contributed by atoms with E-state index < -0.39 is 0 Å². The number of benzene rings is 14. The molecule has 0 spiro atoms. The van der Waals surface area contributed by atoms with Gasteiger partial charge in [0, 0.05) is 104 Å². The van der Waals surface area contributed by atoms with Crippen LogP contribution in [0.2, 0.25) is 0 Å². The molecular formula is C87H50N6S3. The lowest BCUT2D eigenvalue weighted by Gasteiger charge is -2.14. The Morgan fingerprint density at radius 2 is 0.490 bits per heavy atom. The van der Waals surface area contributed by atoms with E-state index in [1.807, 2.05) is 34.0 Å². The third-order valence-corrected chi connectivity index (χ3v) is 23.2. The van der Waals surface area contributed by atoms with Gasteiger partial charge in [-0.15, -0.1) is 34.0 Å². The number of hydrogen-bond donors (Lipinski definition) is 0. The third-order valence-electron chi connectivity index (χ3n) is 19.7. The van der Waals surface area contributed by atoms with Crippen LogP contribution < -0.4 is 0 Å². The second-order valence-corrected chi connectivity index (χ2v) is 28.3. The summed E-state index contributed by atoms with van der Waals surface area (Å²) in [6.45, 7) is 0. The van der Waals surface area contributed by atoms with Gasteiger partial charge in [0.05, 0.1) is 33.1 Å². The van der Waals surface area contributed by atoms with E-state index in [0.29, 0.717) is 17.7 Å². The molecule has 0 radical (unpaired) electrons. The van der Waals surface area contributed by atoms with E-state index in [9.17, 15) is 0 Å². The van der Waals surface area contributed by atoms with Crippen LogP contribution in [0.3, 0.4) is 0 Å². The highest BCUT2D eigenvalue weighted by molar-refractivity contribution is 7.26. The molecule has 21 rings (SSSR count). The van der Waals surface area contributed by atoms with E-state index in [-0.39, 0.29) is 0 Å². The van der Waals surface area contributed by atoms with Gasteiger partial charge in [-0.3, -0.25) is 9.13 Å². The molecule has 0 unspecified atom stereocenters. The molecule has 7 heterocycles. The van der Waals surface area contributed by atoms with Crippen LogP contribution in [-0.4, -0.2) is 28.7 Å². The van der Waals surface area contributed by atoms with E-state index in [2.05, 4.69) is 317 Å². The van der Waals surface area contributed by atoms with Gasteiger partial charge in [-0.25, -0.2) is 0 Å². The first-order valence-corrected chi connectivity index (χ1v) is 34.8. The van der Waals surface area contributed by atoms with Gasteiger partial charge < -0.3 is 4.57 Å². The summed E-state index contributed by atoms with van der Waals surface area (Å²) in [6, 6.07) is 111. The summed E-state index contributed by atoms with van der Waals surface area (Å²) in [7, 11) is 0. The molecule has 7 aromatic heterocycles. The fraction of sp³-hybridized carbons (Fsp3) is 0. The summed E-state index contributed by atoms with van der Waals surface area (Å²) in [5.74, 6) is 1.62. The largest absolute Gasteiger partial charge is 0.309 e. The normalized spacial score (nSPS) is 12.2. The minimum atomic E-state index is 0.529. The Morgan fingerprint density at radius 3 is 0.927 bits per heavy atom. The van der Waals surface area contributed by atoms with Crippen LogP contribution in [0.25, 0.3) is 199 Å². The van der Waals surface area contributed by atoms with Crippen molar-refractivity contribution in [1.29, 1.82) is 0 Å². The first-order valence-electron chi connectivity index (χ1n) is 32.4. The Morgan fingerprint density at radius 1 is 0.188 bits per heavy atom. The summed E-state index contributed by atoms with van der Waals surface area (Å²) < 4.78 is 14.7. The lowest BCUT2D eigenvalue weighted by atomic mass is 10.0. The number of aromatic nitrogens is 6. The van der Waals surface area contributed by atoms with Gasteiger partial charge in [0.25, 0.3) is 0 Å². The van der Waals surface area contributed by atoms with Gasteiger partial charge in [-0.1, -0.05) is 176 Å². The van der Waals surface area contributed by atoms with E-state index in [4.69, 9.17) is 15.0 Å². The molecule has 6 nitrogen and oxygen atoms in total. The maximum absolute atomic E-state index is 5.64. The van der Waals surface area contributed by atoms with Crippen molar-refractivity contribution >= 4 is 160 Å². The highest BCUT2D eigenvalue weighted by atomic mass is 32.1. The van der Waals surface area contributed by atoms with Crippen molar-refractivity contribution in [2.24, 2.45) is 0 Å². The summed E-state index contributed by atoms with van der Waals surface area (Å²) in [6.07, 6.45) is 0. The van der Waals surface area contributed by atoms with E-state index in [1.54, 1.807) is 0 Å². The minimum absolute atomic E-state index is 0.529. The van der Waals surface area contributed by atoms with Crippen molar-refractivity contribution in [1.82, 2.24) is 28.7 Å². The first-order chi connectivity index (χ1) is 47.5. The van der Waals surface area contributed by atoms with Gasteiger partial charge in [-0.05, 0) is 172 Å². The van der Waals surface area contributed by atoms with Crippen LogP contribution in [-0.2, 0) is 0 Å². The quantitative estimate of drug-likeness (QED) is 0.152. The molecular weight excluding hydrogens is 1230 g/mol. The molecule has 0 fully saturated rings. The average molecular weight is 1280 g/mol. The fourth-order valence-electron chi connectivity index (χ4n) is 15.2. The van der Waals surface area contributed by atoms with Crippen LogP contribution in [0.5, 0.6) is 0 Å². The fourth-order valence-corrected chi connectivity index (χ4v) is 18.5. The third kappa shape index (κ3) is 8.25. The Kier molecular flexibility index (Phi) is 11.6. The molecule has 0 aliphatic carbocycles. The molecule has 0 saturated heterocycles. The summed E-state index contributed by atoms with van der Waals surface area (Å²) in [5.41, 5.74) is 17.5. The van der Waals surface area contributed by atoms with Crippen molar-refractivity contribution in [3.05, 3.63) is 303 Å². The van der Waals surface area contributed by atoms with Gasteiger partial charge in [0.2, 0.25) is 11.9 Å². The Balaban J connectivity index is 0.722. The van der Waals surface area contributed by atoms with Crippen LogP contribution in [0.4, 0.5) is 0 Å². The van der Waals surface area contributed by atoms with Gasteiger partial charge in [0.1, 0.15) is 0 Å². The Bertz CT molecular complexity index is 6620. The highest BCUT2D eigenvalue weighted by Gasteiger charge is 2.23. The topological polar surface area (TPSA) is 53.5 Å². The SMILES string of the molecule is c1cc(-c2cccc(-n3c4ccccc4c4cc(-c5ccc6sc7ccccc7c6c5)ccc43)c2)cc(-c2nc(-n3c4ccccc4c4cc(-c5ccc6sc7ccccc7c6c5)ccc43)nc(-n3c4ccccc4c4cc(-c5ccc6sc7ccccc7c6c5)ccc43)n2)c1. The zero-order chi connectivity index (χ0) is 62.7. The van der Waals surface area contributed by atoms with Gasteiger partial charge in [0.15, 0.2) is 5.82 Å². The van der Waals surface area contributed by atoms with Crippen LogP contribution in [0.1, 0.15) is 0 Å². The average Bonchev–Trinajstić information content (AvgIpc) is 1.58. The van der Waals surface area contributed by atoms with E-state index >= 15 is 0 Å². The number of thiophene rings is 3. The second-order valence-electron chi connectivity index (χ2n) is 25.1. The second kappa shape index (κ2) is 20.8. The number of fused-ring (bicyclic) bond motifs is 18. The van der Waals surface area contributed by atoms with Crippen molar-refractivity contribution in [3.63, 3.8) is 0 Å². The number of hydrogen-bond acceptors (Lipinski definition) is 6. The maximum Gasteiger partial charge on any atom is 0.240 e. The van der Waals surface area contributed by atoms with Gasteiger partial charge >= 0.3 is 0 Å². The summed E-state index contributed by atoms with van der Waals surface area (Å²) in [5, 5.41) is 14.7. The lowest BCUT2D eigenvalue weighted by molar-refractivity contribution is 0.893. The molecule has 14 aromatic carbocycles. The molecule has 0 amide bonds. The minimum Gasteiger partial charge on any atom is -0.309 e. The monoisotopic (exact) mass is 1270 g/mol. The molecule has 446 valence electrons. The molecule has 0 N–H and O–H groups in total. The predicted molar refractivity (Wildman–Crippen MR) is 409 cm³/mol. The van der Waals surface area contributed by atoms with Crippen molar-refractivity contribution in [2.75, 3.05) is 0 Å². The molecule has 0 aliphatic heterocycles. The summed E-state index contributed by atoms with van der Waals surface area (Å²) >= 11 is 5.55. The zero-order valence-electron chi connectivity index (χ0n) is 51.3. The molecule has 0 atom stereocenters. The molecule has 0 bridgehead atoms. The van der Waals surface area contributed by atoms with Crippen molar-refractivity contribution in [2.45, 2.75) is 0 Å². The molecule has 9 heteroatoms. The standard InChI is InChI=1S/C87H50N6S3/c1-7-25-73-61(19-1)67-45-53(56-34-40-82-70(48-56)64-22-4-10-28-79(64)94-82)31-37-76(67)91(73)60-18-14-16-52(44-60)51-15-13-17-59(43-51)85-88-86(92-74-26-8-2-20-62(74)68-46-54(32-38-77(68)92)57-35-41-83-71(49-57)65-23-5-11-29-80(65)95-83)90-87(89-85)93-75-27-9-3-21-63(75)69-47-55(33-39-78(69)93)58-36-42-84-72(50-58)66-24-6-12-30-81(66)96-84/h1-50H.